The van der Waals surface area contributed by atoms with Crippen LogP contribution in [-0.2, 0) is 17.6 Å². The Morgan fingerprint density at radius 2 is 1.88 bits per heavy atom. The van der Waals surface area contributed by atoms with Gasteiger partial charge < -0.3 is 10.1 Å². The predicted octanol–water partition coefficient (Wildman–Crippen LogP) is 4.37. The number of aromatic nitrogens is 1. The lowest BCUT2D eigenvalue weighted by Gasteiger charge is -2.05. The fourth-order valence-electron chi connectivity index (χ4n) is 2.47. The van der Waals surface area contributed by atoms with Gasteiger partial charge in [-0.1, -0.05) is 35.9 Å². The average Bonchev–Trinajstić information content (AvgIpc) is 3.12. The number of thiazole rings is 1. The molecule has 134 valence electrons. The second-order valence-corrected chi connectivity index (χ2v) is 7.07. The molecule has 0 saturated carbocycles. The SMILES string of the molecule is COc1ccc(CC(=O)NCCc2csc(-c3ccc(Cl)cc3)n2)cc1. The second kappa shape index (κ2) is 8.83. The smallest absolute Gasteiger partial charge is 0.224 e. The monoisotopic (exact) mass is 386 g/mol. The molecule has 0 aliphatic rings. The summed E-state index contributed by atoms with van der Waals surface area (Å²) in [6, 6.07) is 15.2. The first kappa shape index (κ1) is 18.4. The second-order valence-electron chi connectivity index (χ2n) is 5.78. The van der Waals surface area contributed by atoms with E-state index in [9.17, 15) is 4.79 Å². The molecule has 0 spiro atoms. The van der Waals surface area contributed by atoms with Gasteiger partial charge in [0.2, 0.25) is 5.91 Å². The summed E-state index contributed by atoms with van der Waals surface area (Å²) >= 11 is 7.51. The molecule has 0 bridgehead atoms. The molecular weight excluding hydrogens is 368 g/mol. The van der Waals surface area contributed by atoms with Crippen molar-refractivity contribution < 1.29 is 9.53 Å². The highest BCUT2D eigenvalue weighted by Crippen LogP contribution is 2.25. The maximum Gasteiger partial charge on any atom is 0.224 e. The van der Waals surface area contributed by atoms with Gasteiger partial charge in [0.05, 0.1) is 19.2 Å². The van der Waals surface area contributed by atoms with Crippen LogP contribution in [0.4, 0.5) is 0 Å². The summed E-state index contributed by atoms with van der Waals surface area (Å²) in [5, 5.41) is 6.64. The molecular formula is C20H19ClN2O2S. The zero-order valence-electron chi connectivity index (χ0n) is 14.4. The van der Waals surface area contributed by atoms with Crippen LogP contribution < -0.4 is 10.1 Å². The van der Waals surface area contributed by atoms with Gasteiger partial charge >= 0.3 is 0 Å². The van der Waals surface area contributed by atoms with Crippen LogP contribution in [0.15, 0.2) is 53.9 Å². The number of ether oxygens (including phenoxy) is 1. The van der Waals surface area contributed by atoms with Gasteiger partial charge in [0.1, 0.15) is 10.8 Å². The molecule has 6 heteroatoms. The van der Waals surface area contributed by atoms with Gasteiger partial charge in [0, 0.05) is 28.9 Å². The predicted molar refractivity (Wildman–Crippen MR) is 106 cm³/mol. The van der Waals surface area contributed by atoms with Crippen molar-refractivity contribution in [2.24, 2.45) is 0 Å². The molecule has 1 aromatic heterocycles. The van der Waals surface area contributed by atoms with Gasteiger partial charge in [-0.3, -0.25) is 4.79 Å². The van der Waals surface area contributed by atoms with Crippen LogP contribution in [0.2, 0.25) is 5.02 Å². The normalized spacial score (nSPS) is 10.5. The van der Waals surface area contributed by atoms with Crippen LogP contribution in [0.25, 0.3) is 10.6 Å². The number of carbonyl (C=O) groups is 1. The van der Waals surface area contributed by atoms with E-state index in [1.54, 1.807) is 18.4 Å². The minimum Gasteiger partial charge on any atom is -0.497 e. The zero-order chi connectivity index (χ0) is 18.4. The summed E-state index contributed by atoms with van der Waals surface area (Å²) in [4.78, 5) is 16.7. The Labute approximate surface area is 161 Å². The number of hydrogen-bond acceptors (Lipinski definition) is 4. The fourth-order valence-corrected chi connectivity index (χ4v) is 3.45. The van der Waals surface area contributed by atoms with Crippen LogP contribution in [0.5, 0.6) is 5.75 Å². The van der Waals surface area contributed by atoms with E-state index >= 15 is 0 Å². The van der Waals surface area contributed by atoms with Crippen molar-refractivity contribution in [2.45, 2.75) is 12.8 Å². The largest absolute Gasteiger partial charge is 0.497 e. The molecule has 0 atom stereocenters. The lowest BCUT2D eigenvalue weighted by Crippen LogP contribution is -2.27. The van der Waals surface area contributed by atoms with Crippen molar-refractivity contribution in [1.82, 2.24) is 10.3 Å². The molecule has 0 unspecified atom stereocenters. The molecule has 1 heterocycles. The van der Waals surface area contributed by atoms with Crippen LogP contribution in [0.3, 0.4) is 0 Å². The molecule has 3 aromatic rings. The molecule has 3 rings (SSSR count). The molecule has 26 heavy (non-hydrogen) atoms. The van der Waals surface area contributed by atoms with E-state index in [0.717, 1.165) is 27.6 Å². The first-order valence-corrected chi connectivity index (χ1v) is 9.50. The summed E-state index contributed by atoms with van der Waals surface area (Å²) in [6.45, 7) is 0.568. The lowest BCUT2D eigenvalue weighted by molar-refractivity contribution is -0.120. The number of hydrogen-bond donors (Lipinski definition) is 1. The van der Waals surface area contributed by atoms with Gasteiger partial charge in [-0.15, -0.1) is 11.3 Å². The van der Waals surface area contributed by atoms with Crippen molar-refractivity contribution >= 4 is 28.8 Å². The lowest BCUT2D eigenvalue weighted by atomic mass is 10.1. The van der Waals surface area contributed by atoms with Crippen molar-refractivity contribution in [3.8, 4) is 16.3 Å². The maximum absolute atomic E-state index is 12.0. The minimum atomic E-state index is 0.00308. The third-order valence-corrected chi connectivity index (χ3v) is 5.06. The van der Waals surface area contributed by atoms with Gasteiger partial charge in [-0.25, -0.2) is 4.98 Å². The Kier molecular flexibility index (Phi) is 6.26. The van der Waals surface area contributed by atoms with E-state index in [-0.39, 0.29) is 5.91 Å². The molecule has 1 amide bonds. The minimum absolute atomic E-state index is 0.00308. The molecule has 2 aromatic carbocycles. The van der Waals surface area contributed by atoms with E-state index < -0.39 is 0 Å². The Balaban J connectivity index is 1.47. The first-order chi connectivity index (χ1) is 12.6. The molecule has 0 aliphatic carbocycles. The zero-order valence-corrected chi connectivity index (χ0v) is 15.9. The number of rotatable bonds is 7. The highest BCUT2D eigenvalue weighted by atomic mass is 35.5. The van der Waals surface area contributed by atoms with E-state index in [1.165, 1.54) is 0 Å². The van der Waals surface area contributed by atoms with Crippen LogP contribution in [0.1, 0.15) is 11.3 Å². The van der Waals surface area contributed by atoms with Gasteiger partial charge in [-0.2, -0.15) is 0 Å². The number of amides is 1. The first-order valence-electron chi connectivity index (χ1n) is 8.24. The standard InChI is InChI=1S/C20H19ClN2O2S/c1-25-18-8-2-14(3-9-18)12-19(24)22-11-10-17-13-26-20(23-17)15-4-6-16(21)7-5-15/h2-9,13H,10-12H2,1H3,(H,22,24). The Morgan fingerprint density at radius 3 is 2.58 bits per heavy atom. The third-order valence-electron chi connectivity index (χ3n) is 3.87. The number of nitrogens with one attached hydrogen (secondary N) is 1. The van der Waals surface area contributed by atoms with Crippen LogP contribution in [-0.4, -0.2) is 24.5 Å². The highest BCUT2D eigenvalue weighted by Gasteiger charge is 2.07. The summed E-state index contributed by atoms with van der Waals surface area (Å²) in [7, 11) is 1.62. The van der Waals surface area contributed by atoms with E-state index in [0.29, 0.717) is 24.4 Å². The van der Waals surface area contributed by atoms with Crippen molar-refractivity contribution in [3.05, 3.63) is 70.2 Å². The summed E-state index contributed by atoms with van der Waals surface area (Å²) < 4.78 is 5.11. The Morgan fingerprint density at radius 1 is 1.15 bits per heavy atom. The number of methoxy groups -OCH3 is 1. The van der Waals surface area contributed by atoms with Gasteiger partial charge in [0.25, 0.3) is 0 Å². The molecule has 0 aliphatic heterocycles. The quantitative estimate of drug-likeness (QED) is 0.655. The van der Waals surface area contributed by atoms with Crippen LogP contribution >= 0.6 is 22.9 Å². The van der Waals surface area contributed by atoms with Crippen LogP contribution in [0, 0.1) is 0 Å². The average molecular weight is 387 g/mol. The Hall–Kier alpha value is -2.37. The van der Waals surface area contributed by atoms with E-state index in [2.05, 4.69) is 10.3 Å². The summed E-state index contributed by atoms with van der Waals surface area (Å²) in [6.07, 6.45) is 1.07. The topological polar surface area (TPSA) is 51.2 Å². The van der Waals surface area contributed by atoms with Gasteiger partial charge in [0.15, 0.2) is 0 Å². The fraction of sp³-hybridized carbons (Fsp3) is 0.200. The number of benzene rings is 2. The summed E-state index contributed by atoms with van der Waals surface area (Å²) in [5.74, 6) is 0.789. The summed E-state index contributed by atoms with van der Waals surface area (Å²) in [5.41, 5.74) is 2.99. The number of halogens is 1. The van der Waals surface area contributed by atoms with E-state index in [4.69, 9.17) is 16.3 Å². The van der Waals surface area contributed by atoms with Crippen molar-refractivity contribution in [1.29, 1.82) is 0 Å². The Bertz CT molecular complexity index is 860. The van der Waals surface area contributed by atoms with E-state index in [1.807, 2.05) is 53.9 Å². The third kappa shape index (κ3) is 5.07. The molecule has 0 saturated heterocycles. The van der Waals surface area contributed by atoms with Gasteiger partial charge in [-0.05, 0) is 29.8 Å². The maximum atomic E-state index is 12.0. The number of nitrogens with zero attached hydrogens (tertiary/aromatic N) is 1. The molecule has 1 N–H and O–H groups in total. The molecule has 0 radical (unpaired) electrons. The number of carbonyl (C=O) groups excluding carboxylic acids is 1. The van der Waals surface area contributed by atoms with Crippen molar-refractivity contribution in [2.75, 3.05) is 13.7 Å². The molecule has 0 fully saturated rings. The molecule has 4 nitrogen and oxygen atoms in total. The highest BCUT2D eigenvalue weighted by molar-refractivity contribution is 7.13. The van der Waals surface area contributed by atoms with Crippen molar-refractivity contribution in [3.63, 3.8) is 0 Å².